The van der Waals surface area contributed by atoms with E-state index in [4.69, 9.17) is 4.74 Å². The molecule has 5 rings (SSSR count). The van der Waals surface area contributed by atoms with Gasteiger partial charge in [0.05, 0.1) is 36.7 Å². The summed E-state index contributed by atoms with van der Waals surface area (Å²) in [5, 5.41) is 0. The molecule has 7 nitrogen and oxygen atoms in total. The zero-order valence-electron chi connectivity index (χ0n) is 17.3. The van der Waals surface area contributed by atoms with Gasteiger partial charge in [0.2, 0.25) is 11.8 Å². The molecule has 0 N–H and O–H groups in total. The number of aromatic nitrogens is 2. The van der Waals surface area contributed by atoms with E-state index in [1.54, 1.807) is 29.1 Å². The fraction of sp³-hybridized carbons (Fsp3) is 0.391. The lowest BCUT2D eigenvalue weighted by atomic mass is 9.76. The quantitative estimate of drug-likeness (QED) is 0.729. The van der Waals surface area contributed by atoms with Crippen LogP contribution in [0.1, 0.15) is 16.8 Å². The maximum absolute atomic E-state index is 13.5. The van der Waals surface area contributed by atoms with E-state index in [1.165, 1.54) is 11.9 Å². The van der Waals surface area contributed by atoms with Crippen LogP contribution in [0.2, 0.25) is 0 Å². The van der Waals surface area contributed by atoms with Crippen LogP contribution < -0.4 is 4.90 Å². The van der Waals surface area contributed by atoms with Crippen molar-refractivity contribution in [1.29, 1.82) is 0 Å². The van der Waals surface area contributed by atoms with Crippen LogP contribution in [-0.4, -0.2) is 52.0 Å². The first-order chi connectivity index (χ1) is 14.4. The molecule has 1 aromatic carbocycles. The minimum atomic E-state index is -0.726. The molecule has 3 aliphatic rings. The van der Waals surface area contributed by atoms with Gasteiger partial charge in [0, 0.05) is 18.9 Å². The van der Waals surface area contributed by atoms with Crippen LogP contribution >= 0.6 is 0 Å². The number of rotatable bonds is 4. The van der Waals surface area contributed by atoms with E-state index in [2.05, 4.69) is 9.97 Å². The molecule has 0 radical (unpaired) electrons. The van der Waals surface area contributed by atoms with Crippen LogP contribution in [0.3, 0.4) is 0 Å². The molecule has 4 heterocycles. The Kier molecular flexibility index (Phi) is 4.25. The molecule has 1 spiro atoms. The Balaban J connectivity index is 1.42. The van der Waals surface area contributed by atoms with Crippen molar-refractivity contribution in [2.45, 2.75) is 32.1 Å². The summed E-state index contributed by atoms with van der Waals surface area (Å²) in [6, 6.07) is 7.80. The predicted octanol–water partition coefficient (Wildman–Crippen LogP) is 2.04. The summed E-state index contributed by atoms with van der Waals surface area (Å²) >= 11 is 0. The standard InChI is InChI=1S/C23H24N4O3/c1-14-4-5-17(10-15(14)2)27-12-23-8-6-18(30-23)19(20(23)22(27)29)21(28)26(3)11-16-7-9-24-13-25-16/h4-10,13,18-20H,11-12H2,1-3H3/t18-,19+,20+,23-/m0/s1. The van der Waals surface area contributed by atoms with Crippen LogP contribution in [0.15, 0.2) is 48.9 Å². The van der Waals surface area contributed by atoms with E-state index >= 15 is 0 Å². The van der Waals surface area contributed by atoms with E-state index < -0.39 is 17.4 Å². The van der Waals surface area contributed by atoms with E-state index in [0.29, 0.717) is 13.1 Å². The number of carbonyl (C=O) groups is 2. The van der Waals surface area contributed by atoms with Crippen molar-refractivity contribution in [1.82, 2.24) is 14.9 Å². The number of benzene rings is 1. The molecule has 3 aliphatic heterocycles. The molecular formula is C23H24N4O3. The van der Waals surface area contributed by atoms with Gasteiger partial charge >= 0.3 is 0 Å². The zero-order valence-corrected chi connectivity index (χ0v) is 17.3. The van der Waals surface area contributed by atoms with Gasteiger partial charge in [-0.3, -0.25) is 9.59 Å². The second-order valence-electron chi connectivity index (χ2n) is 8.49. The Morgan fingerprint density at radius 2 is 2.13 bits per heavy atom. The van der Waals surface area contributed by atoms with E-state index in [9.17, 15) is 9.59 Å². The smallest absolute Gasteiger partial charge is 0.234 e. The Morgan fingerprint density at radius 3 is 2.87 bits per heavy atom. The first-order valence-corrected chi connectivity index (χ1v) is 10.2. The average Bonchev–Trinajstić information content (AvgIpc) is 3.38. The Labute approximate surface area is 175 Å². The number of amides is 2. The average molecular weight is 404 g/mol. The summed E-state index contributed by atoms with van der Waals surface area (Å²) in [7, 11) is 1.74. The second kappa shape index (κ2) is 6.74. The minimum absolute atomic E-state index is 0.0427. The third-order valence-corrected chi connectivity index (χ3v) is 6.61. The number of carbonyl (C=O) groups excluding carboxylic acids is 2. The van der Waals surface area contributed by atoms with Gasteiger partial charge < -0.3 is 14.5 Å². The molecule has 7 heteroatoms. The molecule has 2 aromatic rings. The van der Waals surface area contributed by atoms with Gasteiger partial charge in [0.1, 0.15) is 11.9 Å². The largest absolute Gasteiger partial charge is 0.360 e. The van der Waals surface area contributed by atoms with Crippen LogP contribution in [-0.2, 0) is 20.9 Å². The van der Waals surface area contributed by atoms with Crippen LogP contribution in [0.5, 0.6) is 0 Å². The molecule has 4 atom stereocenters. The van der Waals surface area contributed by atoms with Gasteiger partial charge in [-0.05, 0) is 43.2 Å². The normalized spacial score (nSPS) is 28.8. The van der Waals surface area contributed by atoms with Crippen molar-refractivity contribution in [3.8, 4) is 0 Å². The molecule has 0 unspecified atom stereocenters. The van der Waals surface area contributed by atoms with Gasteiger partial charge in [-0.1, -0.05) is 18.2 Å². The zero-order chi connectivity index (χ0) is 21.0. The molecule has 2 bridgehead atoms. The van der Waals surface area contributed by atoms with Crippen LogP contribution in [0.25, 0.3) is 0 Å². The Morgan fingerprint density at radius 1 is 1.30 bits per heavy atom. The van der Waals surface area contributed by atoms with Crippen molar-refractivity contribution in [2.24, 2.45) is 11.8 Å². The van der Waals surface area contributed by atoms with E-state index in [-0.39, 0.29) is 17.9 Å². The summed E-state index contributed by atoms with van der Waals surface area (Å²) in [6.07, 6.45) is 6.68. The summed E-state index contributed by atoms with van der Waals surface area (Å²) in [5.41, 5.74) is 3.20. The number of nitrogens with zero attached hydrogens (tertiary/aromatic N) is 4. The van der Waals surface area contributed by atoms with Gasteiger partial charge in [0.25, 0.3) is 0 Å². The number of fused-ring (bicyclic) bond motifs is 1. The number of hydrogen-bond acceptors (Lipinski definition) is 5. The predicted molar refractivity (Wildman–Crippen MR) is 110 cm³/mol. The lowest BCUT2D eigenvalue weighted by Crippen LogP contribution is -2.44. The molecule has 2 fully saturated rings. The molecule has 2 saturated heterocycles. The van der Waals surface area contributed by atoms with Crippen LogP contribution in [0, 0.1) is 25.7 Å². The van der Waals surface area contributed by atoms with E-state index in [0.717, 1.165) is 16.9 Å². The second-order valence-corrected chi connectivity index (χ2v) is 8.49. The molecule has 0 aliphatic carbocycles. The van der Waals surface area contributed by atoms with Crippen molar-refractivity contribution < 1.29 is 14.3 Å². The van der Waals surface area contributed by atoms with Crippen molar-refractivity contribution >= 4 is 17.5 Å². The first kappa shape index (κ1) is 18.9. The first-order valence-electron chi connectivity index (χ1n) is 10.2. The highest BCUT2D eigenvalue weighted by Gasteiger charge is 2.67. The third-order valence-electron chi connectivity index (χ3n) is 6.61. The summed E-state index contributed by atoms with van der Waals surface area (Å²) in [6.45, 7) is 4.89. The minimum Gasteiger partial charge on any atom is -0.360 e. The number of ether oxygens (including phenoxy) is 1. The maximum Gasteiger partial charge on any atom is 0.234 e. The van der Waals surface area contributed by atoms with Crippen molar-refractivity contribution in [3.05, 3.63) is 65.8 Å². The topological polar surface area (TPSA) is 75.6 Å². The van der Waals surface area contributed by atoms with E-state index in [1.807, 2.05) is 44.2 Å². The SMILES string of the molecule is Cc1ccc(N2C[C@]34C=C[C@H](O3)[C@@H](C(=O)N(C)Cc3ccncn3)[C@@H]4C2=O)cc1C. The monoisotopic (exact) mass is 404 g/mol. The van der Waals surface area contributed by atoms with Crippen molar-refractivity contribution in [2.75, 3.05) is 18.5 Å². The van der Waals surface area contributed by atoms with Gasteiger partial charge in [-0.15, -0.1) is 0 Å². The van der Waals surface area contributed by atoms with Crippen molar-refractivity contribution in [3.63, 3.8) is 0 Å². The fourth-order valence-corrected chi connectivity index (χ4v) is 4.88. The van der Waals surface area contributed by atoms with Gasteiger partial charge in [0.15, 0.2) is 0 Å². The Bertz CT molecular complexity index is 1050. The molecule has 1 aromatic heterocycles. The highest BCUT2D eigenvalue weighted by atomic mass is 16.5. The lowest BCUT2D eigenvalue weighted by Gasteiger charge is -2.27. The molecule has 30 heavy (non-hydrogen) atoms. The number of aryl methyl sites for hydroxylation is 2. The highest BCUT2D eigenvalue weighted by molar-refractivity contribution is 6.03. The lowest BCUT2D eigenvalue weighted by molar-refractivity contribution is -0.139. The summed E-state index contributed by atoms with van der Waals surface area (Å²) in [4.78, 5) is 38.4. The summed E-state index contributed by atoms with van der Waals surface area (Å²) in [5.74, 6) is -1.16. The van der Waals surface area contributed by atoms with Gasteiger partial charge in [-0.2, -0.15) is 0 Å². The highest BCUT2D eigenvalue weighted by Crippen LogP contribution is 2.53. The third kappa shape index (κ3) is 2.76. The van der Waals surface area contributed by atoms with Gasteiger partial charge in [-0.25, -0.2) is 9.97 Å². The fourth-order valence-electron chi connectivity index (χ4n) is 4.88. The molecule has 2 amide bonds. The Hall–Kier alpha value is -3.06. The molecule has 0 saturated carbocycles. The number of anilines is 1. The van der Waals surface area contributed by atoms with Crippen LogP contribution in [0.4, 0.5) is 5.69 Å². The molecular weight excluding hydrogens is 380 g/mol. The summed E-state index contributed by atoms with van der Waals surface area (Å²) < 4.78 is 6.25. The maximum atomic E-state index is 13.5. The molecule has 154 valence electrons. The number of hydrogen-bond donors (Lipinski definition) is 0.